The second-order valence-electron chi connectivity index (χ2n) is 8.87. The molecule has 0 bridgehead atoms. The van der Waals surface area contributed by atoms with Crippen LogP contribution in [-0.2, 0) is 16.0 Å². The molecule has 1 aromatic carbocycles. The SMILES string of the molecule is CCCCCCCCc1ccc(NC(=O)C(N)CCCCNC(=O)CNCCNCCN)cc1. The summed E-state index contributed by atoms with van der Waals surface area (Å²) in [4.78, 5) is 24.1. The van der Waals surface area contributed by atoms with Crippen LogP contribution in [0, 0.1) is 0 Å². The predicted octanol–water partition coefficient (Wildman–Crippen LogP) is 2.28. The van der Waals surface area contributed by atoms with E-state index in [1.807, 2.05) is 12.1 Å². The largest absolute Gasteiger partial charge is 0.355 e. The van der Waals surface area contributed by atoms with E-state index in [2.05, 4.69) is 40.3 Å². The molecule has 8 N–H and O–H groups in total. The summed E-state index contributed by atoms with van der Waals surface area (Å²) in [5, 5.41) is 12.0. The van der Waals surface area contributed by atoms with Crippen molar-refractivity contribution in [2.24, 2.45) is 11.5 Å². The van der Waals surface area contributed by atoms with Gasteiger partial charge in [-0.15, -0.1) is 0 Å². The number of hydrogen-bond acceptors (Lipinski definition) is 6. The third kappa shape index (κ3) is 15.8. The number of anilines is 1. The Balaban J connectivity index is 2.10. The summed E-state index contributed by atoms with van der Waals surface area (Å²) in [6.45, 7) is 6.01. The molecule has 8 heteroatoms. The fourth-order valence-electron chi connectivity index (χ4n) is 3.62. The Bertz CT molecular complexity index is 653. The Morgan fingerprint density at radius 1 is 0.853 bits per heavy atom. The zero-order valence-corrected chi connectivity index (χ0v) is 21.2. The van der Waals surface area contributed by atoms with Crippen molar-refractivity contribution in [2.75, 3.05) is 44.6 Å². The minimum absolute atomic E-state index is 0.0270. The van der Waals surface area contributed by atoms with Gasteiger partial charge in [-0.1, -0.05) is 51.2 Å². The van der Waals surface area contributed by atoms with E-state index in [0.717, 1.165) is 44.6 Å². The van der Waals surface area contributed by atoms with Crippen LogP contribution in [0.1, 0.15) is 70.3 Å². The molecular weight excluding hydrogens is 428 g/mol. The number of carbonyl (C=O) groups excluding carboxylic acids is 2. The summed E-state index contributed by atoms with van der Waals surface area (Å²) >= 11 is 0. The van der Waals surface area contributed by atoms with Crippen molar-refractivity contribution in [3.8, 4) is 0 Å². The van der Waals surface area contributed by atoms with Gasteiger partial charge in [0.05, 0.1) is 12.6 Å². The average Bonchev–Trinajstić information content (AvgIpc) is 2.84. The second-order valence-corrected chi connectivity index (χ2v) is 8.87. The summed E-state index contributed by atoms with van der Waals surface area (Å²) < 4.78 is 0. The van der Waals surface area contributed by atoms with Crippen LogP contribution < -0.4 is 32.7 Å². The number of hydrogen-bond donors (Lipinski definition) is 6. The van der Waals surface area contributed by atoms with Crippen molar-refractivity contribution in [3.05, 3.63) is 29.8 Å². The fraction of sp³-hybridized carbons (Fsp3) is 0.692. The van der Waals surface area contributed by atoms with Gasteiger partial charge in [0.15, 0.2) is 0 Å². The second kappa shape index (κ2) is 20.4. The predicted molar refractivity (Wildman–Crippen MR) is 142 cm³/mol. The van der Waals surface area contributed by atoms with E-state index in [-0.39, 0.29) is 11.8 Å². The zero-order chi connectivity index (χ0) is 24.9. The fourth-order valence-corrected chi connectivity index (χ4v) is 3.62. The van der Waals surface area contributed by atoms with E-state index < -0.39 is 6.04 Å². The molecule has 0 fully saturated rings. The molecule has 1 unspecified atom stereocenters. The monoisotopic (exact) mass is 476 g/mol. The van der Waals surface area contributed by atoms with Gasteiger partial charge in [0.1, 0.15) is 0 Å². The van der Waals surface area contributed by atoms with Crippen LogP contribution in [-0.4, -0.2) is 57.1 Å². The van der Waals surface area contributed by atoms with Gasteiger partial charge >= 0.3 is 0 Å². The van der Waals surface area contributed by atoms with Crippen molar-refractivity contribution in [3.63, 3.8) is 0 Å². The molecule has 0 aliphatic rings. The summed E-state index contributed by atoms with van der Waals surface area (Å²) in [5.74, 6) is -0.194. The van der Waals surface area contributed by atoms with Gasteiger partial charge in [-0.05, 0) is 49.8 Å². The lowest BCUT2D eigenvalue weighted by Crippen LogP contribution is -2.38. The van der Waals surface area contributed by atoms with Gasteiger partial charge < -0.3 is 32.7 Å². The molecule has 0 spiro atoms. The molecule has 0 aliphatic carbocycles. The molecular formula is C26H48N6O2. The summed E-state index contributed by atoms with van der Waals surface area (Å²) in [7, 11) is 0. The van der Waals surface area contributed by atoms with Gasteiger partial charge in [-0.25, -0.2) is 0 Å². The number of nitrogens with one attached hydrogen (secondary N) is 4. The van der Waals surface area contributed by atoms with Crippen molar-refractivity contribution in [2.45, 2.75) is 77.2 Å². The van der Waals surface area contributed by atoms with E-state index in [9.17, 15) is 9.59 Å². The Kier molecular flexibility index (Phi) is 18.0. The molecule has 1 aromatic rings. The highest BCUT2D eigenvalue weighted by atomic mass is 16.2. The molecule has 1 atom stereocenters. The highest BCUT2D eigenvalue weighted by molar-refractivity contribution is 5.94. The van der Waals surface area contributed by atoms with Crippen LogP contribution in [0.5, 0.6) is 0 Å². The molecule has 8 nitrogen and oxygen atoms in total. The zero-order valence-electron chi connectivity index (χ0n) is 21.2. The highest BCUT2D eigenvalue weighted by Gasteiger charge is 2.13. The first-order valence-electron chi connectivity index (χ1n) is 13.1. The minimum atomic E-state index is -0.554. The molecule has 0 aromatic heterocycles. The first kappa shape index (κ1) is 30.0. The Hall–Kier alpha value is -2.00. The van der Waals surface area contributed by atoms with Gasteiger partial charge in [0.2, 0.25) is 11.8 Å². The smallest absolute Gasteiger partial charge is 0.241 e. The number of benzene rings is 1. The number of rotatable bonds is 21. The molecule has 1 rings (SSSR count). The van der Waals surface area contributed by atoms with Gasteiger partial charge in [-0.2, -0.15) is 0 Å². The van der Waals surface area contributed by atoms with Crippen LogP contribution in [0.15, 0.2) is 24.3 Å². The first-order chi connectivity index (χ1) is 16.6. The lowest BCUT2D eigenvalue weighted by Gasteiger charge is -2.13. The average molecular weight is 477 g/mol. The quantitative estimate of drug-likeness (QED) is 0.151. The van der Waals surface area contributed by atoms with Gasteiger partial charge in [0, 0.05) is 38.4 Å². The third-order valence-corrected chi connectivity index (χ3v) is 5.73. The third-order valence-electron chi connectivity index (χ3n) is 5.73. The Morgan fingerprint density at radius 2 is 1.56 bits per heavy atom. The number of aryl methyl sites for hydroxylation is 1. The molecule has 34 heavy (non-hydrogen) atoms. The summed E-state index contributed by atoms with van der Waals surface area (Å²) in [6, 6.07) is 7.52. The number of amides is 2. The highest BCUT2D eigenvalue weighted by Crippen LogP contribution is 2.14. The number of nitrogens with two attached hydrogens (primary N) is 2. The number of unbranched alkanes of at least 4 members (excludes halogenated alkanes) is 6. The van der Waals surface area contributed by atoms with Gasteiger partial charge in [-0.3, -0.25) is 9.59 Å². The summed E-state index contributed by atoms with van der Waals surface area (Å²) in [5.41, 5.74) is 13.5. The minimum Gasteiger partial charge on any atom is -0.355 e. The van der Waals surface area contributed by atoms with Crippen molar-refractivity contribution in [1.82, 2.24) is 16.0 Å². The first-order valence-corrected chi connectivity index (χ1v) is 13.1. The topological polar surface area (TPSA) is 134 Å². The Morgan fingerprint density at radius 3 is 2.29 bits per heavy atom. The van der Waals surface area contributed by atoms with E-state index in [4.69, 9.17) is 11.5 Å². The Labute approximate surface area is 206 Å². The van der Waals surface area contributed by atoms with Crippen LogP contribution in [0.3, 0.4) is 0 Å². The van der Waals surface area contributed by atoms with Crippen molar-refractivity contribution < 1.29 is 9.59 Å². The van der Waals surface area contributed by atoms with Crippen LogP contribution in [0.25, 0.3) is 0 Å². The molecule has 194 valence electrons. The summed E-state index contributed by atoms with van der Waals surface area (Å²) in [6.07, 6.45) is 11.0. The normalized spacial score (nSPS) is 11.9. The van der Waals surface area contributed by atoms with Crippen molar-refractivity contribution in [1.29, 1.82) is 0 Å². The lowest BCUT2D eigenvalue weighted by atomic mass is 10.0. The maximum Gasteiger partial charge on any atom is 0.241 e. The molecule has 0 saturated heterocycles. The number of carbonyl (C=O) groups is 2. The van der Waals surface area contributed by atoms with Crippen LogP contribution in [0.4, 0.5) is 5.69 Å². The van der Waals surface area contributed by atoms with Crippen molar-refractivity contribution >= 4 is 17.5 Å². The standard InChI is InChI=1S/C26H48N6O2/c1-2-3-4-5-6-7-10-22-12-14-23(15-13-22)32-26(34)24(28)11-8-9-17-31-25(33)21-30-20-19-29-18-16-27/h12-15,24,29-30H,2-11,16-21,27-28H2,1H3,(H,31,33)(H,32,34). The molecule has 0 aliphatic heterocycles. The molecule has 2 amide bonds. The molecule has 0 heterocycles. The van der Waals surface area contributed by atoms with E-state index in [0.29, 0.717) is 26.1 Å². The maximum atomic E-state index is 12.4. The van der Waals surface area contributed by atoms with E-state index in [1.165, 1.54) is 44.1 Å². The van der Waals surface area contributed by atoms with Crippen LogP contribution in [0.2, 0.25) is 0 Å². The van der Waals surface area contributed by atoms with Crippen LogP contribution >= 0.6 is 0 Å². The van der Waals surface area contributed by atoms with E-state index in [1.54, 1.807) is 0 Å². The van der Waals surface area contributed by atoms with E-state index >= 15 is 0 Å². The maximum absolute atomic E-state index is 12.4. The molecule has 0 radical (unpaired) electrons. The molecule has 0 saturated carbocycles. The van der Waals surface area contributed by atoms with Gasteiger partial charge in [0.25, 0.3) is 0 Å². The lowest BCUT2D eigenvalue weighted by molar-refractivity contribution is -0.120.